The molecule has 18 heavy (non-hydrogen) atoms. The predicted molar refractivity (Wildman–Crippen MR) is 65.4 cm³/mol. The fourth-order valence-corrected chi connectivity index (χ4v) is 2.04. The molecule has 2 N–H and O–H groups in total. The zero-order valence-electron chi connectivity index (χ0n) is 9.87. The van der Waals surface area contributed by atoms with Gasteiger partial charge >= 0.3 is 0 Å². The van der Waals surface area contributed by atoms with E-state index in [1.54, 1.807) is 6.07 Å². The van der Waals surface area contributed by atoms with Crippen LogP contribution in [0.3, 0.4) is 0 Å². The Morgan fingerprint density at radius 1 is 1.50 bits per heavy atom. The zero-order chi connectivity index (χ0) is 13.0. The van der Waals surface area contributed by atoms with Crippen molar-refractivity contribution in [1.29, 1.82) is 5.26 Å². The molecule has 1 heterocycles. The molecule has 0 saturated carbocycles. The van der Waals surface area contributed by atoms with Crippen molar-refractivity contribution in [3.63, 3.8) is 0 Å². The largest absolute Gasteiger partial charge is 0.323 e. The molecule has 0 spiro atoms. The van der Waals surface area contributed by atoms with Crippen molar-refractivity contribution in [2.24, 2.45) is 0 Å². The first-order valence-corrected chi connectivity index (χ1v) is 5.95. The molecule has 4 nitrogen and oxygen atoms in total. The summed E-state index contributed by atoms with van der Waals surface area (Å²) < 4.78 is 13.4. The van der Waals surface area contributed by atoms with E-state index < -0.39 is 5.82 Å². The van der Waals surface area contributed by atoms with Crippen LogP contribution in [0.4, 0.5) is 10.1 Å². The van der Waals surface area contributed by atoms with Gasteiger partial charge in [-0.05, 0) is 31.5 Å². The maximum absolute atomic E-state index is 13.4. The summed E-state index contributed by atoms with van der Waals surface area (Å²) in [6.07, 6.45) is 2.83. The molecular weight excluding hydrogens is 233 g/mol. The molecule has 1 aliphatic heterocycles. The van der Waals surface area contributed by atoms with Gasteiger partial charge in [-0.3, -0.25) is 4.79 Å². The third-order valence-electron chi connectivity index (χ3n) is 3.01. The lowest BCUT2D eigenvalue weighted by Gasteiger charge is -2.22. The van der Waals surface area contributed by atoms with Crippen LogP contribution in [0.25, 0.3) is 0 Å². The summed E-state index contributed by atoms with van der Waals surface area (Å²) in [4.78, 5) is 11.9. The van der Waals surface area contributed by atoms with Gasteiger partial charge in [0.05, 0.1) is 11.7 Å². The third kappa shape index (κ3) is 2.66. The van der Waals surface area contributed by atoms with Crippen molar-refractivity contribution in [3.05, 3.63) is 29.6 Å². The highest BCUT2D eigenvalue weighted by Crippen LogP contribution is 2.18. The minimum absolute atomic E-state index is 0.123. The van der Waals surface area contributed by atoms with Gasteiger partial charge in [0, 0.05) is 0 Å². The van der Waals surface area contributed by atoms with E-state index in [4.69, 9.17) is 5.26 Å². The van der Waals surface area contributed by atoms with Gasteiger partial charge in [-0.25, -0.2) is 4.39 Å². The van der Waals surface area contributed by atoms with E-state index in [0.29, 0.717) is 0 Å². The van der Waals surface area contributed by atoms with E-state index in [9.17, 15) is 9.18 Å². The normalized spacial score (nSPS) is 19.0. The molecule has 1 unspecified atom stereocenters. The van der Waals surface area contributed by atoms with E-state index >= 15 is 0 Å². The topological polar surface area (TPSA) is 64.9 Å². The first-order valence-electron chi connectivity index (χ1n) is 5.95. The molecule has 0 aliphatic carbocycles. The molecule has 1 amide bonds. The Morgan fingerprint density at radius 3 is 3.00 bits per heavy atom. The number of piperidine rings is 1. The monoisotopic (exact) mass is 247 g/mol. The first-order chi connectivity index (χ1) is 8.72. The van der Waals surface area contributed by atoms with Gasteiger partial charge in [-0.1, -0.05) is 12.5 Å². The fourth-order valence-electron chi connectivity index (χ4n) is 2.04. The number of carbonyl (C=O) groups is 1. The summed E-state index contributed by atoms with van der Waals surface area (Å²) in [5.41, 5.74) is 0.108. The highest BCUT2D eigenvalue weighted by molar-refractivity contribution is 5.96. The van der Waals surface area contributed by atoms with Gasteiger partial charge in [0.15, 0.2) is 0 Å². The van der Waals surface area contributed by atoms with Crippen molar-refractivity contribution in [2.45, 2.75) is 25.3 Å². The number of nitrogens with one attached hydrogen (secondary N) is 2. The number of hydrogen-bond acceptors (Lipinski definition) is 3. The van der Waals surface area contributed by atoms with Crippen LogP contribution in [0.2, 0.25) is 0 Å². The van der Waals surface area contributed by atoms with Crippen LogP contribution in [0.1, 0.15) is 24.8 Å². The molecule has 1 atom stereocenters. The predicted octanol–water partition coefficient (Wildman–Crippen LogP) is 1.78. The Bertz CT molecular complexity index is 489. The average molecular weight is 247 g/mol. The zero-order valence-corrected chi connectivity index (χ0v) is 9.87. The summed E-state index contributed by atoms with van der Waals surface area (Å²) in [7, 11) is 0. The molecule has 5 heteroatoms. The lowest BCUT2D eigenvalue weighted by atomic mass is 10.0. The van der Waals surface area contributed by atoms with Crippen LogP contribution >= 0.6 is 0 Å². The van der Waals surface area contributed by atoms with E-state index in [1.807, 2.05) is 0 Å². The van der Waals surface area contributed by atoms with Gasteiger partial charge in [-0.15, -0.1) is 0 Å². The molecule has 0 radical (unpaired) electrons. The van der Waals surface area contributed by atoms with Gasteiger partial charge in [-0.2, -0.15) is 5.26 Å². The summed E-state index contributed by atoms with van der Waals surface area (Å²) in [5.74, 6) is -0.830. The van der Waals surface area contributed by atoms with Crippen molar-refractivity contribution < 1.29 is 9.18 Å². The minimum atomic E-state index is -0.619. The third-order valence-corrected chi connectivity index (χ3v) is 3.01. The number of hydrogen-bond donors (Lipinski definition) is 2. The molecule has 0 aromatic heterocycles. The number of nitrogens with zero attached hydrogens (tertiary/aromatic N) is 1. The highest BCUT2D eigenvalue weighted by Gasteiger charge is 2.21. The molecule has 1 aliphatic rings. The quantitative estimate of drug-likeness (QED) is 0.837. The maximum Gasteiger partial charge on any atom is 0.241 e. The molecule has 94 valence electrons. The number of halogens is 1. The number of anilines is 1. The van der Waals surface area contributed by atoms with Crippen LogP contribution in [0.15, 0.2) is 18.2 Å². The Balaban J connectivity index is 2.12. The van der Waals surface area contributed by atoms with Crippen LogP contribution in [-0.4, -0.2) is 18.5 Å². The molecule has 1 fully saturated rings. The Kier molecular flexibility index (Phi) is 3.90. The van der Waals surface area contributed by atoms with Crippen LogP contribution in [-0.2, 0) is 4.79 Å². The smallest absolute Gasteiger partial charge is 0.241 e. The van der Waals surface area contributed by atoms with Crippen molar-refractivity contribution in [2.75, 3.05) is 11.9 Å². The molecule has 2 rings (SSSR count). The van der Waals surface area contributed by atoms with E-state index in [1.165, 1.54) is 18.2 Å². The standard InChI is InChI=1S/C13H14FN3O/c14-10-4-3-6-11(9(10)8-15)17-13(18)12-5-1-2-7-16-12/h3-4,6,12,16H,1-2,5,7H2,(H,17,18). The molecular formula is C13H14FN3O. The highest BCUT2D eigenvalue weighted by atomic mass is 19.1. The molecule has 0 bridgehead atoms. The Morgan fingerprint density at radius 2 is 2.33 bits per heavy atom. The number of benzene rings is 1. The van der Waals surface area contributed by atoms with Gasteiger partial charge in [0.1, 0.15) is 17.4 Å². The van der Waals surface area contributed by atoms with E-state index in [0.717, 1.165) is 25.8 Å². The Labute approximate surface area is 105 Å². The average Bonchev–Trinajstić information content (AvgIpc) is 2.40. The SMILES string of the molecule is N#Cc1c(F)cccc1NC(=O)C1CCCCN1. The fraction of sp³-hybridized carbons (Fsp3) is 0.385. The second kappa shape index (κ2) is 5.61. The minimum Gasteiger partial charge on any atom is -0.323 e. The van der Waals surface area contributed by atoms with Crippen molar-refractivity contribution in [1.82, 2.24) is 5.32 Å². The van der Waals surface area contributed by atoms with Crippen LogP contribution in [0, 0.1) is 17.1 Å². The van der Waals surface area contributed by atoms with E-state index in [-0.39, 0.29) is 23.2 Å². The van der Waals surface area contributed by atoms with Crippen LogP contribution < -0.4 is 10.6 Å². The van der Waals surface area contributed by atoms with Gasteiger partial charge in [0.25, 0.3) is 0 Å². The second-order valence-corrected chi connectivity index (χ2v) is 4.27. The molecule has 1 aromatic carbocycles. The number of rotatable bonds is 2. The molecule has 1 saturated heterocycles. The number of nitriles is 1. The van der Waals surface area contributed by atoms with Crippen LogP contribution in [0.5, 0.6) is 0 Å². The summed E-state index contributed by atoms with van der Waals surface area (Å²) in [5, 5.41) is 14.6. The summed E-state index contributed by atoms with van der Waals surface area (Å²) in [6, 6.07) is 5.71. The number of amides is 1. The maximum atomic E-state index is 13.4. The summed E-state index contributed by atoms with van der Waals surface area (Å²) in [6.45, 7) is 0.812. The van der Waals surface area contributed by atoms with Crippen molar-refractivity contribution >= 4 is 11.6 Å². The summed E-state index contributed by atoms with van der Waals surface area (Å²) >= 11 is 0. The first kappa shape index (κ1) is 12.5. The second-order valence-electron chi connectivity index (χ2n) is 4.27. The Hall–Kier alpha value is -1.93. The van der Waals surface area contributed by atoms with Gasteiger partial charge in [0.2, 0.25) is 5.91 Å². The van der Waals surface area contributed by atoms with E-state index in [2.05, 4.69) is 10.6 Å². The number of carbonyl (C=O) groups excluding carboxylic acids is 1. The van der Waals surface area contributed by atoms with Gasteiger partial charge < -0.3 is 10.6 Å². The lowest BCUT2D eigenvalue weighted by Crippen LogP contribution is -2.43. The van der Waals surface area contributed by atoms with Crippen molar-refractivity contribution in [3.8, 4) is 6.07 Å². The lowest BCUT2D eigenvalue weighted by molar-refractivity contribution is -0.118. The molecule has 1 aromatic rings.